The lowest BCUT2D eigenvalue weighted by molar-refractivity contribution is 0.0300. The maximum Gasteiger partial charge on any atom is 0.425 e. The molecule has 0 spiro atoms. The predicted molar refractivity (Wildman–Crippen MR) is 148 cm³/mol. The Morgan fingerprint density at radius 2 is 1.41 bits per heavy atom. The number of nitrogens with zero attached hydrogens (tertiary/aromatic N) is 5. The summed E-state index contributed by atoms with van der Waals surface area (Å²) < 4.78 is 17.8. The van der Waals surface area contributed by atoms with Gasteiger partial charge in [0.15, 0.2) is 11.5 Å². The van der Waals surface area contributed by atoms with Crippen molar-refractivity contribution in [3.8, 4) is 11.8 Å². The van der Waals surface area contributed by atoms with E-state index in [9.17, 15) is 14.4 Å². The van der Waals surface area contributed by atoms with Crippen LogP contribution in [0.3, 0.4) is 0 Å². The van der Waals surface area contributed by atoms with Crippen molar-refractivity contribution >= 4 is 41.3 Å². The fourth-order valence-electron chi connectivity index (χ4n) is 3.09. The standard InChI is InChI=1S/C27H38ClN5O6/c1-17-18(14-12-13-15-31(11)22(34)37-25(2,3)4)32-19(28)16-29-20(21(32)30-17)33(23(35)38-26(5,6)7)24(36)39-27(8,9)10/h16H,13,15H2,1-11H3. The fourth-order valence-corrected chi connectivity index (χ4v) is 3.30. The highest BCUT2D eigenvalue weighted by atomic mass is 35.5. The molecule has 0 fully saturated rings. The Labute approximate surface area is 234 Å². The number of amides is 3. The van der Waals surface area contributed by atoms with Crippen LogP contribution in [0.15, 0.2) is 6.20 Å². The van der Waals surface area contributed by atoms with Gasteiger partial charge in [-0.15, -0.1) is 0 Å². The summed E-state index contributed by atoms with van der Waals surface area (Å²) in [5.41, 5.74) is -1.34. The van der Waals surface area contributed by atoms with E-state index in [4.69, 9.17) is 25.8 Å². The first-order valence-electron chi connectivity index (χ1n) is 12.4. The number of carbonyl (C=O) groups excluding carboxylic acids is 3. The number of fused-ring (bicyclic) bond motifs is 1. The molecule has 12 heteroatoms. The van der Waals surface area contributed by atoms with Crippen LogP contribution >= 0.6 is 11.6 Å². The van der Waals surface area contributed by atoms with Crippen molar-refractivity contribution in [1.29, 1.82) is 0 Å². The normalized spacial score (nSPS) is 11.9. The Morgan fingerprint density at radius 3 is 1.90 bits per heavy atom. The maximum atomic E-state index is 13.1. The smallest absolute Gasteiger partial charge is 0.425 e. The Morgan fingerprint density at radius 1 is 0.923 bits per heavy atom. The van der Waals surface area contributed by atoms with Gasteiger partial charge in [-0.3, -0.25) is 4.40 Å². The molecule has 3 amide bonds. The van der Waals surface area contributed by atoms with E-state index in [1.54, 1.807) is 76.3 Å². The molecule has 2 aromatic rings. The van der Waals surface area contributed by atoms with Crippen LogP contribution in [0.2, 0.25) is 5.15 Å². The number of imidazole rings is 1. The zero-order valence-electron chi connectivity index (χ0n) is 24.6. The quantitative estimate of drug-likeness (QED) is 0.331. The van der Waals surface area contributed by atoms with Gasteiger partial charge in [0, 0.05) is 20.0 Å². The summed E-state index contributed by atoms with van der Waals surface area (Å²) in [5, 5.41) is 0.165. The number of imide groups is 1. The molecule has 0 atom stereocenters. The first-order chi connectivity index (χ1) is 17.7. The lowest BCUT2D eigenvalue weighted by Gasteiger charge is -2.28. The Kier molecular flexibility index (Phi) is 9.51. The van der Waals surface area contributed by atoms with Crippen molar-refractivity contribution in [3.05, 3.63) is 22.7 Å². The molecule has 0 aliphatic heterocycles. The molecule has 0 bridgehead atoms. The lowest BCUT2D eigenvalue weighted by atomic mass is 10.2. The van der Waals surface area contributed by atoms with Gasteiger partial charge in [0.05, 0.1) is 11.9 Å². The summed E-state index contributed by atoms with van der Waals surface area (Å²) in [7, 11) is 1.63. The van der Waals surface area contributed by atoms with Gasteiger partial charge in [-0.25, -0.2) is 24.4 Å². The van der Waals surface area contributed by atoms with E-state index in [1.165, 1.54) is 15.5 Å². The van der Waals surface area contributed by atoms with E-state index in [0.717, 1.165) is 0 Å². The van der Waals surface area contributed by atoms with Crippen LogP contribution in [0.1, 0.15) is 80.1 Å². The molecule has 0 saturated carbocycles. The van der Waals surface area contributed by atoms with Crippen LogP contribution in [0.5, 0.6) is 0 Å². The van der Waals surface area contributed by atoms with E-state index in [2.05, 4.69) is 21.8 Å². The molecule has 0 N–H and O–H groups in total. The summed E-state index contributed by atoms with van der Waals surface area (Å²) >= 11 is 6.46. The molecule has 2 aromatic heterocycles. The van der Waals surface area contributed by atoms with Gasteiger partial charge in [-0.2, -0.15) is 4.90 Å². The second-order valence-electron chi connectivity index (χ2n) is 11.9. The van der Waals surface area contributed by atoms with Crippen molar-refractivity contribution in [1.82, 2.24) is 19.3 Å². The van der Waals surface area contributed by atoms with E-state index in [-0.39, 0.29) is 16.6 Å². The van der Waals surface area contributed by atoms with Crippen LogP contribution in [0.4, 0.5) is 20.2 Å². The highest BCUT2D eigenvalue weighted by molar-refractivity contribution is 6.30. The number of ether oxygens (including phenoxy) is 3. The van der Waals surface area contributed by atoms with Crippen molar-refractivity contribution in [2.24, 2.45) is 0 Å². The average molecular weight is 564 g/mol. The van der Waals surface area contributed by atoms with Gasteiger partial charge in [0.25, 0.3) is 0 Å². The second kappa shape index (κ2) is 11.7. The minimum atomic E-state index is -0.980. The molecule has 0 unspecified atom stereocenters. The number of aryl methyl sites for hydroxylation is 1. The Balaban J connectivity index is 2.48. The summed E-state index contributed by atoms with van der Waals surface area (Å²) in [6.45, 7) is 17.5. The van der Waals surface area contributed by atoms with Gasteiger partial charge in [-0.1, -0.05) is 17.5 Å². The van der Waals surface area contributed by atoms with Gasteiger partial charge >= 0.3 is 18.3 Å². The fraction of sp³-hybridized carbons (Fsp3) is 0.593. The van der Waals surface area contributed by atoms with Crippen LogP contribution in [0.25, 0.3) is 5.65 Å². The van der Waals surface area contributed by atoms with Gasteiger partial charge < -0.3 is 19.1 Å². The highest BCUT2D eigenvalue weighted by Crippen LogP contribution is 2.28. The molecule has 2 heterocycles. The molecular formula is C27H38ClN5O6. The first-order valence-corrected chi connectivity index (χ1v) is 12.8. The molecular weight excluding hydrogens is 526 g/mol. The van der Waals surface area contributed by atoms with Gasteiger partial charge in [-0.05, 0) is 75.2 Å². The number of aromatic nitrogens is 3. The third-order valence-electron chi connectivity index (χ3n) is 4.61. The van der Waals surface area contributed by atoms with Gasteiger partial charge in [0.2, 0.25) is 0 Å². The molecule has 0 aliphatic rings. The maximum absolute atomic E-state index is 13.1. The molecule has 0 radical (unpaired) electrons. The number of anilines is 1. The van der Waals surface area contributed by atoms with E-state index in [1.807, 2.05) is 0 Å². The Hall–Kier alpha value is -3.52. The molecule has 0 aromatic carbocycles. The van der Waals surface area contributed by atoms with Crippen LogP contribution in [-0.2, 0) is 14.2 Å². The van der Waals surface area contributed by atoms with Crippen molar-refractivity contribution in [2.75, 3.05) is 18.5 Å². The summed E-state index contributed by atoms with van der Waals surface area (Å²) in [6, 6.07) is 0. The van der Waals surface area contributed by atoms with Crippen LogP contribution in [-0.4, -0.2) is 67.9 Å². The van der Waals surface area contributed by atoms with Crippen molar-refractivity contribution < 1.29 is 28.6 Å². The zero-order chi connectivity index (χ0) is 29.9. The minimum absolute atomic E-state index is 0.117. The van der Waals surface area contributed by atoms with Crippen molar-refractivity contribution in [2.45, 2.75) is 92.5 Å². The van der Waals surface area contributed by atoms with E-state index >= 15 is 0 Å². The van der Waals surface area contributed by atoms with Crippen LogP contribution < -0.4 is 4.90 Å². The monoisotopic (exact) mass is 563 g/mol. The Bertz CT molecular complexity index is 1280. The zero-order valence-corrected chi connectivity index (χ0v) is 25.3. The summed E-state index contributed by atoms with van der Waals surface area (Å²) in [5.74, 6) is 5.92. The number of rotatable bonds is 3. The summed E-state index contributed by atoms with van der Waals surface area (Å²) in [4.78, 5) is 49.3. The minimum Gasteiger partial charge on any atom is -0.444 e. The molecule has 39 heavy (non-hydrogen) atoms. The molecule has 0 saturated heterocycles. The second-order valence-corrected chi connectivity index (χ2v) is 12.2. The van der Waals surface area contributed by atoms with Crippen molar-refractivity contribution in [3.63, 3.8) is 0 Å². The van der Waals surface area contributed by atoms with Gasteiger partial charge in [0.1, 0.15) is 27.7 Å². The van der Waals surface area contributed by atoms with E-state index in [0.29, 0.717) is 29.3 Å². The summed E-state index contributed by atoms with van der Waals surface area (Å²) in [6.07, 6.45) is -0.772. The molecule has 11 nitrogen and oxygen atoms in total. The van der Waals surface area contributed by atoms with E-state index < -0.39 is 35.1 Å². The average Bonchev–Trinajstić information content (AvgIpc) is 3.06. The lowest BCUT2D eigenvalue weighted by Crippen LogP contribution is -2.44. The molecule has 214 valence electrons. The third-order valence-corrected chi connectivity index (χ3v) is 4.87. The third kappa shape index (κ3) is 9.03. The number of halogens is 1. The highest BCUT2D eigenvalue weighted by Gasteiger charge is 2.36. The predicted octanol–water partition coefficient (Wildman–Crippen LogP) is 5.98. The number of hydrogen-bond donors (Lipinski definition) is 0. The number of hydrogen-bond acceptors (Lipinski definition) is 8. The first kappa shape index (κ1) is 31.7. The topological polar surface area (TPSA) is 116 Å². The molecule has 2 rings (SSSR count). The number of carbonyl (C=O) groups is 3. The molecule has 0 aliphatic carbocycles. The van der Waals surface area contributed by atoms with Crippen LogP contribution in [0, 0.1) is 18.8 Å². The largest absolute Gasteiger partial charge is 0.444 e. The SMILES string of the molecule is Cc1nc2c(N(C(=O)OC(C)(C)C)C(=O)OC(C)(C)C)ncc(Cl)n2c1C#CCCN(C)C(=O)OC(C)(C)C.